The molecular formula is C15H10Cl2N2O. The molecule has 0 bridgehead atoms. The number of hydrogen-bond donors (Lipinski definition) is 1. The van der Waals surface area contributed by atoms with Gasteiger partial charge in [-0.3, -0.25) is 4.79 Å². The average molecular weight is 305 g/mol. The van der Waals surface area contributed by atoms with E-state index in [2.05, 4.69) is 5.32 Å². The molecule has 0 aromatic heterocycles. The highest BCUT2D eigenvalue weighted by Gasteiger charge is 2.12. The van der Waals surface area contributed by atoms with Crippen LogP contribution < -0.4 is 5.32 Å². The lowest BCUT2D eigenvalue weighted by Gasteiger charge is -2.09. The first kappa shape index (κ1) is 14.4. The van der Waals surface area contributed by atoms with Crippen molar-refractivity contribution in [3.63, 3.8) is 0 Å². The Kier molecular flexibility index (Phi) is 4.29. The number of nitrogens with zero attached hydrogens (tertiary/aromatic N) is 1. The SMILES string of the molecule is Cc1ccc(Cl)cc1C(=O)Nc1cc(C#N)ccc1Cl. The Morgan fingerprint density at radius 3 is 2.65 bits per heavy atom. The normalized spacial score (nSPS) is 9.90. The summed E-state index contributed by atoms with van der Waals surface area (Å²) >= 11 is 11.9. The van der Waals surface area contributed by atoms with Crippen molar-refractivity contribution in [3.05, 3.63) is 63.1 Å². The highest BCUT2D eigenvalue weighted by atomic mass is 35.5. The van der Waals surface area contributed by atoms with Crippen LogP contribution >= 0.6 is 23.2 Å². The van der Waals surface area contributed by atoms with Gasteiger partial charge in [0.05, 0.1) is 22.3 Å². The maximum absolute atomic E-state index is 12.2. The molecule has 0 atom stereocenters. The summed E-state index contributed by atoms with van der Waals surface area (Å²) in [4.78, 5) is 12.2. The topological polar surface area (TPSA) is 52.9 Å². The Bertz CT molecular complexity index is 720. The maximum Gasteiger partial charge on any atom is 0.256 e. The van der Waals surface area contributed by atoms with Crippen molar-refractivity contribution in [3.8, 4) is 6.07 Å². The van der Waals surface area contributed by atoms with Gasteiger partial charge in [0.25, 0.3) is 5.91 Å². The molecule has 0 fully saturated rings. The van der Waals surface area contributed by atoms with E-state index in [4.69, 9.17) is 28.5 Å². The van der Waals surface area contributed by atoms with Gasteiger partial charge >= 0.3 is 0 Å². The molecule has 1 N–H and O–H groups in total. The van der Waals surface area contributed by atoms with Gasteiger partial charge in [0.1, 0.15) is 0 Å². The summed E-state index contributed by atoms with van der Waals surface area (Å²) in [7, 11) is 0. The second-order valence-electron chi connectivity index (χ2n) is 4.22. The van der Waals surface area contributed by atoms with Gasteiger partial charge in [0, 0.05) is 10.6 Å². The molecule has 1 amide bonds. The summed E-state index contributed by atoms with van der Waals surface area (Å²) < 4.78 is 0. The van der Waals surface area contributed by atoms with Crippen LogP contribution in [0.5, 0.6) is 0 Å². The van der Waals surface area contributed by atoms with Gasteiger partial charge in [-0.05, 0) is 42.8 Å². The number of carbonyl (C=O) groups excluding carboxylic acids is 1. The predicted molar refractivity (Wildman–Crippen MR) is 80.3 cm³/mol. The lowest BCUT2D eigenvalue weighted by molar-refractivity contribution is 0.102. The third-order valence-electron chi connectivity index (χ3n) is 2.79. The third kappa shape index (κ3) is 3.11. The molecule has 0 spiro atoms. The summed E-state index contributed by atoms with van der Waals surface area (Å²) in [6, 6.07) is 11.8. The lowest BCUT2D eigenvalue weighted by atomic mass is 10.1. The Morgan fingerprint density at radius 2 is 1.95 bits per heavy atom. The number of halogens is 2. The fourth-order valence-corrected chi connectivity index (χ4v) is 2.06. The van der Waals surface area contributed by atoms with E-state index in [9.17, 15) is 4.79 Å². The molecule has 20 heavy (non-hydrogen) atoms. The van der Waals surface area contributed by atoms with E-state index in [0.717, 1.165) is 5.56 Å². The molecule has 0 aliphatic carbocycles. The predicted octanol–water partition coefficient (Wildman–Crippen LogP) is 4.43. The van der Waals surface area contributed by atoms with Crippen LogP contribution in [-0.2, 0) is 0 Å². The molecule has 0 heterocycles. The summed E-state index contributed by atoms with van der Waals surface area (Å²) in [5.41, 5.74) is 2.10. The average Bonchev–Trinajstić information content (AvgIpc) is 2.43. The zero-order valence-electron chi connectivity index (χ0n) is 10.6. The Hall–Kier alpha value is -2.02. The number of carbonyl (C=O) groups is 1. The molecule has 3 nitrogen and oxygen atoms in total. The van der Waals surface area contributed by atoms with Gasteiger partial charge in [0.2, 0.25) is 0 Å². The minimum atomic E-state index is -0.318. The van der Waals surface area contributed by atoms with Crippen LogP contribution in [0.2, 0.25) is 10.0 Å². The summed E-state index contributed by atoms with van der Waals surface area (Å²) in [5, 5.41) is 12.4. The first-order valence-corrected chi connectivity index (χ1v) is 6.54. The molecule has 100 valence electrons. The number of nitrogens with one attached hydrogen (secondary N) is 1. The first-order valence-electron chi connectivity index (χ1n) is 5.78. The number of anilines is 1. The van der Waals surface area contributed by atoms with Gasteiger partial charge in [-0.15, -0.1) is 0 Å². The number of nitriles is 1. The Labute approximate surface area is 126 Å². The van der Waals surface area contributed by atoms with Gasteiger partial charge in [-0.25, -0.2) is 0 Å². The summed E-state index contributed by atoms with van der Waals surface area (Å²) in [6.45, 7) is 1.82. The van der Waals surface area contributed by atoms with Gasteiger partial charge < -0.3 is 5.32 Å². The molecule has 5 heteroatoms. The fraction of sp³-hybridized carbons (Fsp3) is 0.0667. The largest absolute Gasteiger partial charge is 0.321 e. The Balaban J connectivity index is 2.33. The number of amides is 1. The van der Waals surface area contributed by atoms with Crippen molar-refractivity contribution < 1.29 is 4.79 Å². The van der Waals surface area contributed by atoms with Gasteiger partial charge in [-0.2, -0.15) is 5.26 Å². The van der Waals surface area contributed by atoms with Crippen molar-refractivity contribution in [2.24, 2.45) is 0 Å². The minimum Gasteiger partial charge on any atom is -0.321 e. The van der Waals surface area contributed by atoms with Crippen LogP contribution in [0, 0.1) is 18.3 Å². The summed E-state index contributed by atoms with van der Waals surface area (Å²) in [6.07, 6.45) is 0. The van der Waals surface area contributed by atoms with Crippen molar-refractivity contribution in [2.45, 2.75) is 6.92 Å². The molecule has 0 saturated heterocycles. The first-order chi connectivity index (χ1) is 9.51. The van der Waals surface area contributed by atoms with Crippen LogP contribution in [0.1, 0.15) is 21.5 Å². The lowest BCUT2D eigenvalue weighted by Crippen LogP contribution is -2.13. The van der Waals surface area contributed by atoms with Gasteiger partial charge in [0.15, 0.2) is 0 Å². The van der Waals surface area contributed by atoms with Crippen molar-refractivity contribution >= 4 is 34.8 Å². The number of rotatable bonds is 2. The van der Waals surface area contributed by atoms with E-state index in [1.54, 1.807) is 30.3 Å². The number of aryl methyl sites for hydroxylation is 1. The van der Waals surface area contributed by atoms with Crippen LogP contribution in [0.4, 0.5) is 5.69 Å². The molecule has 2 aromatic carbocycles. The maximum atomic E-state index is 12.2. The molecule has 0 aliphatic rings. The van der Waals surface area contributed by atoms with E-state index in [-0.39, 0.29) is 5.91 Å². The fourth-order valence-electron chi connectivity index (χ4n) is 1.72. The highest BCUT2D eigenvalue weighted by Crippen LogP contribution is 2.24. The molecule has 0 radical (unpaired) electrons. The van der Waals surface area contributed by atoms with Crippen molar-refractivity contribution in [1.29, 1.82) is 5.26 Å². The second kappa shape index (κ2) is 5.96. The quantitative estimate of drug-likeness (QED) is 0.892. The van der Waals surface area contributed by atoms with E-state index in [1.807, 2.05) is 13.0 Å². The molecule has 0 saturated carbocycles. The molecule has 2 rings (SSSR count). The molecule has 0 aliphatic heterocycles. The van der Waals surface area contributed by atoms with E-state index >= 15 is 0 Å². The molecule has 2 aromatic rings. The number of benzene rings is 2. The van der Waals surface area contributed by atoms with E-state index in [0.29, 0.717) is 26.9 Å². The smallest absolute Gasteiger partial charge is 0.256 e. The van der Waals surface area contributed by atoms with Crippen LogP contribution in [0.25, 0.3) is 0 Å². The molecular weight excluding hydrogens is 295 g/mol. The monoisotopic (exact) mass is 304 g/mol. The van der Waals surface area contributed by atoms with Crippen molar-refractivity contribution in [2.75, 3.05) is 5.32 Å². The zero-order valence-corrected chi connectivity index (χ0v) is 12.1. The summed E-state index contributed by atoms with van der Waals surface area (Å²) in [5.74, 6) is -0.318. The Morgan fingerprint density at radius 1 is 1.20 bits per heavy atom. The highest BCUT2D eigenvalue weighted by molar-refractivity contribution is 6.34. The van der Waals surface area contributed by atoms with Gasteiger partial charge in [-0.1, -0.05) is 29.3 Å². The van der Waals surface area contributed by atoms with Crippen LogP contribution in [0.3, 0.4) is 0 Å². The zero-order chi connectivity index (χ0) is 14.7. The van der Waals surface area contributed by atoms with E-state index in [1.165, 1.54) is 6.07 Å². The third-order valence-corrected chi connectivity index (χ3v) is 3.35. The van der Waals surface area contributed by atoms with Crippen molar-refractivity contribution in [1.82, 2.24) is 0 Å². The van der Waals surface area contributed by atoms with E-state index < -0.39 is 0 Å². The second-order valence-corrected chi connectivity index (χ2v) is 5.06. The molecule has 0 unspecified atom stereocenters. The minimum absolute atomic E-state index is 0.318. The van der Waals surface area contributed by atoms with Crippen LogP contribution in [0.15, 0.2) is 36.4 Å². The number of hydrogen-bond acceptors (Lipinski definition) is 2. The standard InChI is InChI=1S/C15H10Cl2N2O/c1-9-2-4-11(16)7-12(9)15(20)19-14-6-10(8-18)3-5-13(14)17/h2-7H,1H3,(H,19,20). The van der Waals surface area contributed by atoms with Crippen LogP contribution in [-0.4, -0.2) is 5.91 Å².